The molecule has 4 aliphatic rings. The van der Waals surface area contributed by atoms with Crippen molar-refractivity contribution in [2.24, 2.45) is 29.4 Å². The van der Waals surface area contributed by atoms with Crippen molar-refractivity contribution >= 4 is 0 Å². The number of aliphatic hydroxyl groups excluding tert-OH is 5. The van der Waals surface area contributed by atoms with Gasteiger partial charge >= 0.3 is 0 Å². The van der Waals surface area contributed by atoms with Crippen LogP contribution in [0.3, 0.4) is 0 Å². The molecule has 282 valence electrons. The third-order valence-corrected chi connectivity index (χ3v) is 12.0. The Kier molecular flexibility index (Phi) is 17.2. The number of piperidine rings is 1. The molecule has 0 aromatic carbocycles. The second-order valence-corrected chi connectivity index (χ2v) is 15.2. The van der Waals surface area contributed by atoms with Gasteiger partial charge in [0.1, 0.15) is 6.10 Å². The van der Waals surface area contributed by atoms with Crippen LogP contribution in [0.25, 0.3) is 0 Å². The summed E-state index contributed by atoms with van der Waals surface area (Å²) in [5.74, 6) is 0.694. The van der Waals surface area contributed by atoms with Gasteiger partial charge in [-0.1, -0.05) is 6.92 Å². The molecule has 2 saturated heterocycles. The first-order chi connectivity index (χ1) is 23.2. The minimum atomic E-state index is -0.840. The molecular weight excluding hydrogens is 618 g/mol. The van der Waals surface area contributed by atoms with Crippen molar-refractivity contribution in [1.82, 2.24) is 10.6 Å². The van der Waals surface area contributed by atoms with E-state index in [0.717, 1.165) is 70.9 Å². The van der Waals surface area contributed by atoms with Gasteiger partial charge in [-0.15, -0.1) is 0 Å². The molecule has 9 N–H and O–H groups in total. The predicted octanol–water partition coefficient (Wildman–Crippen LogP) is 1.42. The molecule has 4 rings (SSSR count). The lowest BCUT2D eigenvalue weighted by Gasteiger charge is -2.48. The van der Waals surface area contributed by atoms with Crippen molar-refractivity contribution < 1.29 is 44.5 Å². The van der Waals surface area contributed by atoms with E-state index in [1.807, 2.05) is 0 Å². The number of hydrogen-bond donors (Lipinski definition) is 8. The van der Waals surface area contributed by atoms with Gasteiger partial charge in [0.2, 0.25) is 0 Å². The minimum absolute atomic E-state index is 0.0136. The summed E-state index contributed by atoms with van der Waals surface area (Å²) in [6, 6.07) is 0.0136. The zero-order valence-electron chi connectivity index (χ0n) is 29.8. The third-order valence-electron chi connectivity index (χ3n) is 12.0. The van der Waals surface area contributed by atoms with Crippen LogP contribution in [0, 0.1) is 23.7 Å². The monoisotopic (exact) mass is 688 g/mol. The van der Waals surface area contributed by atoms with Crippen molar-refractivity contribution in [3.05, 3.63) is 0 Å². The fraction of sp³-hybridized carbons (Fsp3) is 1.00. The van der Waals surface area contributed by atoms with Crippen LogP contribution in [0.1, 0.15) is 96.8 Å². The molecule has 0 spiro atoms. The van der Waals surface area contributed by atoms with Gasteiger partial charge in [-0.2, -0.15) is 0 Å². The summed E-state index contributed by atoms with van der Waals surface area (Å²) >= 11 is 0. The molecule has 0 amide bonds. The van der Waals surface area contributed by atoms with E-state index in [2.05, 4.69) is 17.6 Å². The van der Waals surface area contributed by atoms with E-state index in [0.29, 0.717) is 43.9 Å². The molecule has 0 bridgehead atoms. The number of methoxy groups -OCH3 is 2. The van der Waals surface area contributed by atoms with Crippen molar-refractivity contribution in [1.29, 1.82) is 0 Å². The normalized spacial score (nSPS) is 40.8. The van der Waals surface area contributed by atoms with Crippen molar-refractivity contribution in [3.63, 3.8) is 0 Å². The zero-order valence-corrected chi connectivity index (χ0v) is 29.8. The fourth-order valence-electron chi connectivity index (χ4n) is 9.29. The van der Waals surface area contributed by atoms with E-state index in [1.165, 1.54) is 0 Å². The number of nitrogens with two attached hydrogens (primary N) is 1. The highest BCUT2D eigenvalue weighted by Crippen LogP contribution is 2.42. The van der Waals surface area contributed by atoms with E-state index >= 15 is 0 Å². The first kappa shape index (κ1) is 40.3. The fourth-order valence-corrected chi connectivity index (χ4v) is 9.29. The lowest BCUT2D eigenvalue weighted by atomic mass is 9.72. The maximum Gasteiger partial charge on any atom is 0.106 e. The topological polar surface area (TPSA) is 188 Å². The van der Waals surface area contributed by atoms with Crippen LogP contribution >= 0.6 is 0 Å². The van der Waals surface area contributed by atoms with Crippen LogP contribution in [0.4, 0.5) is 0 Å². The molecule has 9 unspecified atom stereocenters. The highest BCUT2D eigenvalue weighted by atomic mass is 16.5. The van der Waals surface area contributed by atoms with Crippen LogP contribution in [0.2, 0.25) is 0 Å². The van der Waals surface area contributed by atoms with Crippen LogP contribution in [0.15, 0.2) is 0 Å². The summed E-state index contributed by atoms with van der Waals surface area (Å²) in [7, 11) is 3.27. The van der Waals surface area contributed by atoms with E-state index in [9.17, 15) is 25.5 Å². The predicted molar refractivity (Wildman–Crippen MR) is 183 cm³/mol. The molecule has 0 radical (unpaired) electrons. The Hall–Kier alpha value is -0.480. The van der Waals surface area contributed by atoms with Crippen molar-refractivity contribution in [2.75, 3.05) is 40.5 Å². The van der Waals surface area contributed by atoms with Gasteiger partial charge in [0.15, 0.2) is 0 Å². The van der Waals surface area contributed by atoms with Crippen LogP contribution < -0.4 is 16.4 Å². The summed E-state index contributed by atoms with van der Waals surface area (Å²) in [6.07, 6.45) is 7.04. The molecule has 2 aliphatic heterocycles. The summed E-state index contributed by atoms with van der Waals surface area (Å²) in [6.45, 7) is 3.71. The molecule has 15 atom stereocenters. The molecule has 48 heavy (non-hydrogen) atoms. The molecule has 2 saturated carbocycles. The van der Waals surface area contributed by atoms with Gasteiger partial charge in [0, 0.05) is 39.4 Å². The second kappa shape index (κ2) is 20.5. The average molecular weight is 688 g/mol. The molecule has 2 heterocycles. The molecular formula is C36H69N3O9. The maximum absolute atomic E-state index is 11.5. The highest BCUT2D eigenvalue weighted by molar-refractivity contribution is 4.97. The Bertz CT molecular complexity index is 892. The van der Waals surface area contributed by atoms with Gasteiger partial charge in [-0.05, 0) is 121 Å². The third kappa shape index (κ3) is 11.3. The first-order valence-corrected chi connectivity index (χ1v) is 19.1. The number of rotatable bonds is 18. The standard InChI is InChI=1S/C36H69N3O9/c1-4-38-27(9-6-23-11-14-39-34(37)18-23)30(13-16-41)48-33-20-24(19-32(46-3)35(33)44)36-26(12-15-40)29(43)21-25(47-36)8-5-22-7-10-28(42)31(17-22)45-2/h22-36,38-44H,4-21,37H2,1-3H3/t22?,23?,24?,25-,26+,27+,28?,29-,30-,31?,32?,33?,34?,35?,36-/m0/s1. The SMILES string of the molecule is CCN[C@H](CCC1CCNC(N)C1)[C@H](CCO)OC1CC([C@@H]2O[C@@H](CCC3CCC(O)C(OC)C3)C[C@H](O)[C@H]2CCO)CC(OC)C1O. The van der Waals surface area contributed by atoms with Crippen molar-refractivity contribution in [3.8, 4) is 0 Å². The molecule has 2 aliphatic carbocycles. The van der Waals surface area contributed by atoms with Gasteiger partial charge in [0.25, 0.3) is 0 Å². The van der Waals surface area contributed by atoms with Crippen LogP contribution in [-0.4, -0.2) is 133 Å². The molecule has 4 fully saturated rings. The number of likely N-dealkylation sites (N-methyl/N-ethyl adjacent to an activating group) is 1. The molecule has 12 nitrogen and oxygen atoms in total. The van der Waals surface area contributed by atoms with Gasteiger partial charge in [-0.3, -0.25) is 0 Å². The Morgan fingerprint density at radius 1 is 0.812 bits per heavy atom. The van der Waals surface area contributed by atoms with Gasteiger partial charge < -0.3 is 60.8 Å². The maximum atomic E-state index is 11.5. The molecule has 12 heteroatoms. The van der Waals surface area contributed by atoms with E-state index in [1.54, 1.807) is 14.2 Å². The smallest absolute Gasteiger partial charge is 0.106 e. The summed E-state index contributed by atoms with van der Waals surface area (Å²) in [4.78, 5) is 0. The number of hydrogen-bond acceptors (Lipinski definition) is 12. The minimum Gasteiger partial charge on any atom is -0.396 e. The number of aliphatic hydroxyl groups is 5. The highest BCUT2D eigenvalue weighted by Gasteiger charge is 2.48. The zero-order chi connectivity index (χ0) is 34.6. The summed E-state index contributed by atoms with van der Waals surface area (Å²) in [5.41, 5.74) is 6.17. The number of nitrogens with one attached hydrogen (secondary N) is 2. The summed E-state index contributed by atoms with van der Waals surface area (Å²) in [5, 5.41) is 60.1. The largest absolute Gasteiger partial charge is 0.396 e. The molecule has 0 aromatic heterocycles. The van der Waals surface area contributed by atoms with Crippen LogP contribution in [-0.2, 0) is 18.9 Å². The Labute approximate surface area is 288 Å². The summed E-state index contributed by atoms with van der Waals surface area (Å²) < 4.78 is 25.0. The Balaban J connectivity index is 1.45. The average Bonchev–Trinajstić information content (AvgIpc) is 3.08. The lowest BCUT2D eigenvalue weighted by molar-refractivity contribution is -0.206. The quantitative estimate of drug-likeness (QED) is 0.104. The second-order valence-electron chi connectivity index (χ2n) is 15.2. The molecule has 0 aromatic rings. The Morgan fingerprint density at radius 3 is 2.25 bits per heavy atom. The van der Waals surface area contributed by atoms with Crippen molar-refractivity contribution in [2.45, 2.75) is 164 Å². The number of ether oxygens (including phenoxy) is 4. The van der Waals surface area contributed by atoms with E-state index in [-0.39, 0.29) is 61.7 Å². The van der Waals surface area contributed by atoms with Gasteiger partial charge in [-0.25, -0.2) is 0 Å². The van der Waals surface area contributed by atoms with Gasteiger partial charge in [0.05, 0.1) is 55.0 Å². The van der Waals surface area contributed by atoms with E-state index < -0.39 is 30.5 Å². The Morgan fingerprint density at radius 2 is 1.56 bits per heavy atom. The van der Waals surface area contributed by atoms with E-state index in [4.69, 9.17) is 24.7 Å². The first-order valence-electron chi connectivity index (χ1n) is 19.1. The van der Waals surface area contributed by atoms with Crippen LogP contribution in [0.5, 0.6) is 0 Å². The lowest BCUT2D eigenvalue weighted by Crippen LogP contribution is -2.56.